The number of imide groups is 2. The number of phenols is 1. The first-order valence-corrected chi connectivity index (χ1v) is 15.9. The second kappa shape index (κ2) is 10.2. The number of methoxy groups -OCH3 is 1. The predicted molar refractivity (Wildman–Crippen MR) is 172 cm³/mol. The fourth-order valence-electron chi connectivity index (χ4n) is 7.99. The molecule has 8 rings (SSSR count). The van der Waals surface area contributed by atoms with E-state index in [-0.39, 0.29) is 30.1 Å². The lowest BCUT2D eigenvalue weighted by atomic mass is 9.56. The Balaban J connectivity index is 1.18. The second-order valence-electron chi connectivity index (χ2n) is 12.5. The lowest BCUT2D eigenvalue weighted by Gasteiger charge is -2.50. The molecule has 0 spiro atoms. The van der Waals surface area contributed by atoms with E-state index < -0.39 is 51.1 Å². The Morgan fingerprint density at radius 1 is 0.957 bits per heavy atom. The van der Waals surface area contributed by atoms with Gasteiger partial charge in [0, 0.05) is 30.2 Å². The van der Waals surface area contributed by atoms with Gasteiger partial charge in [-0.05, 0) is 61.2 Å². The van der Waals surface area contributed by atoms with Gasteiger partial charge in [-0.3, -0.25) is 29.0 Å². The topological polar surface area (TPSA) is 130 Å². The summed E-state index contributed by atoms with van der Waals surface area (Å²) in [6.07, 6.45) is 1.88. The molecule has 0 bridgehead atoms. The summed E-state index contributed by atoms with van der Waals surface area (Å²) in [5, 5.41) is 11.2. The van der Waals surface area contributed by atoms with Crippen LogP contribution in [0.1, 0.15) is 24.3 Å². The van der Waals surface area contributed by atoms with E-state index in [1.807, 2.05) is 30.3 Å². The van der Waals surface area contributed by atoms with Crippen LogP contribution in [0.5, 0.6) is 11.5 Å². The van der Waals surface area contributed by atoms with E-state index in [1.54, 1.807) is 36.4 Å². The molecule has 4 aliphatic rings. The number of carbonyl (C=O) groups excluding carboxylic acids is 4. The number of para-hydroxylation sites is 2. The summed E-state index contributed by atoms with van der Waals surface area (Å²) in [7, 11) is 2.77. The summed E-state index contributed by atoms with van der Waals surface area (Å²) in [5.74, 6) is -4.99. The number of aromatic hydroxyl groups is 1. The Morgan fingerprint density at radius 2 is 1.70 bits per heavy atom. The van der Waals surface area contributed by atoms with Crippen LogP contribution in [0, 0.1) is 17.8 Å². The summed E-state index contributed by atoms with van der Waals surface area (Å²) in [6, 6.07) is 18.8. The van der Waals surface area contributed by atoms with Gasteiger partial charge in [0.15, 0.2) is 15.3 Å². The smallest absolute Gasteiger partial charge is 0.253 e. The molecule has 3 heterocycles. The third-order valence-electron chi connectivity index (χ3n) is 10.2. The number of aromatic nitrogens is 1. The third kappa shape index (κ3) is 3.88. The number of fused-ring (bicyclic) bond motifs is 5. The lowest BCUT2D eigenvalue weighted by Crippen LogP contribution is -2.60. The molecule has 6 atom stereocenters. The minimum Gasteiger partial charge on any atom is -0.508 e. The van der Waals surface area contributed by atoms with Gasteiger partial charge in [-0.15, -0.1) is 23.2 Å². The van der Waals surface area contributed by atoms with Crippen LogP contribution in [0.15, 0.2) is 82.8 Å². The number of phenolic OH excluding ortho intramolecular Hbond substituents is 1. The summed E-state index contributed by atoms with van der Waals surface area (Å²) in [6.45, 7) is 0. The molecule has 10 nitrogen and oxygen atoms in total. The Kier molecular flexibility index (Phi) is 6.43. The molecule has 4 aromatic rings. The number of carbonyl (C=O) groups is 4. The van der Waals surface area contributed by atoms with Crippen LogP contribution < -0.4 is 9.64 Å². The quantitative estimate of drug-likeness (QED) is 0.173. The standard InChI is InChI=1S/C35H27Cl2N3O7/c1-39-32(44)34(36)16-23-20(28(35(34,37)33(39)45)21-12-11-19(46-2)15-25(21)41)13-14-22-27(23)31(43)40(30(22)42)18-9-7-17(8-10-18)29-38-24-5-3-4-6-26(24)47-29/h3-13,15,22-23,27-28,41H,14,16H2,1-2H3/t22-,23+,27-,28+,34+,35-/m0/s1. The number of likely N-dealkylation sites (tertiary alicyclic amines) is 1. The van der Waals surface area contributed by atoms with Gasteiger partial charge >= 0.3 is 0 Å². The summed E-state index contributed by atoms with van der Waals surface area (Å²) in [4.78, 5) is 58.3. The van der Waals surface area contributed by atoms with Crippen LogP contribution in [0.3, 0.4) is 0 Å². The molecule has 47 heavy (non-hydrogen) atoms. The highest BCUT2D eigenvalue weighted by molar-refractivity contribution is 6.53. The van der Waals surface area contributed by atoms with Crippen LogP contribution >= 0.6 is 23.2 Å². The minimum atomic E-state index is -1.99. The van der Waals surface area contributed by atoms with E-state index in [1.165, 1.54) is 25.1 Å². The molecule has 1 saturated carbocycles. The Morgan fingerprint density at radius 3 is 2.40 bits per heavy atom. The molecule has 2 aliphatic carbocycles. The van der Waals surface area contributed by atoms with Crippen molar-refractivity contribution in [1.82, 2.24) is 9.88 Å². The molecule has 238 valence electrons. The van der Waals surface area contributed by atoms with Gasteiger partial charge in [0.1, 0.15) is 17.0 Å². The summed E-state index contributed by atoms with van der Waals surface area (Å²) < 4.78 is 11.1. The highest BCUT2D eigenvalue weighted by Crippen LogP contribution is 2.66. The number of benzene rings is 3. The maximum absolute atomic E-state index is 14.3. The van der Waals surface area contributed by atoms with Crippen molar-refractivity contribution in [3.8, 4) is 23.0 Å². The summed E-state index contributed by atoms with van der Waals surface area (Å²) >= 11 is 14.4. The SMILES string of the molecule is COc1ccc([C@H]2C3=CC[C@@H]4C(=O)N(c5ccc(-c6nc7ccccc7o6)cc5)C(=O)[C@@H]4[C@@H]3C[C@@]3(Cl)C(=O)N(C)C(=O)[C@@]23Cl)c(O)c1. The first-order valence-electron chi connectivity index (χ1n) is 15.1. The van der Waals surface area contributed by atoms with Gasteiger partial charge in [0.2, 0.25) is 17.7 Å². The largest absolute Gasteiger partial charge is 0.508 e. The molecule has 3 aromatic carbocycles. The number of halogens is 2. The van der Waals surface area contributed by atoms with Gasteiger partial charge < -0.3 is 14.3 Å². The first kappa shape index (κ1) is 29.7. The van der Waals surface area contributed by atoms with Gasteiger partial charge in [-0.2, -0.15) is 0 Å². The first-order chi connectivity index (χ1) is 22.5. The number of nitrogens with zero attached hydrogens (tertiary/aromatic N) is 3. The summed E-state index contributed by atoms with van der Waals surface area (Å²) in [5.41, 5.74) is 3.27. The van der Waals surface area contributed by atoms with Crippen LogP contribution in [0.25, 0.3) is 22.6 Å². The van der Waals surface area contributed by atoms with Crippen LogP contribution in [0.4, 0.5) is 5.69 Å². The molecule has 12 heteroatoms. The van der Waals surface area contributed by atoms with E-state index >= 15 is 0 Å². The van der Waals surface area contributed by atoms with Crippen molar-refractivity contribution in [2.24, 2.45) is 17.8 Å². The van der Waals surface area contributed by atoms with E-state index in [9.17, 15) is 24.3 Å². The van der Waals surface area contributed by atoms with Crippen molar-refractivity contribution < 1.29 is 33.4 Å². The Hall–Kier alpha value is -4.67. The number of alkyl halides is 2. The van der Waals surface area contributed by atoms with E-state index in [0.717, 1.165) is 4.90 Å². The molecule has 3 fully saturated rings. The highest BCUT2D eigenvalue weighted by atomic mass is 35.5. The number of rotatable bonds is 4. The van der Waals surface area contributed by atoms with Crippen LogP contribution in [-0.2, 0) is 19.2 Å². The Bertz CT molecular complexity index is 2040. The molecule has 4 amide bonds. The maximum atomic E-state index is 14.3. The zero-order valence-corrected chi connectivity index (χ0v) is 26.7. The number of hydrogen-bond acceptors (Lipinski definition) is 8. The Labute approximate surface area is 278 Å². The van der Waals surface area contributed by atoms with Crippen LogP contribution in [0.2, 0.25) is 0 Å². The fraction of sp³-hybridized carbons (Fsp3) is 0.286. The molecule has 2 aliphatic heterocycles. The van der Waals surface area contributed by atoms with Gasteiger partial charge in [0.25, 0.3) is 11.8 Å². The normalized spacial score (nSPS) is 30.0. The molecular formula is C35H27Cl2N3O7. The lowest BCUT2D eigenvalue weighted by molar-refractivity contribution is -0.138. The van der Waals surface area contributed by atoms with Crippen molar-refractivity contribution in [2.75, 3.05) is 19.1 Å². The van der Waals surface area contributed by atoms with Gasteiger partial charge in [-0.1, -0.05) is 29.8 Å². The predicted octanol–water partition coefficient (Wildman–Crippen LogP) is 5.40. The van der Waals surface area contributed by atoms with Gasteiger partial charge in [0.05, 0.1) is 24.6 Å². The van der Waals surface area contributed by atoms with Crippen molar-refractivity contribution in [3.63, 3.8) is 0 Å². The van der Waals surface area contributed by atoms with E-state index in [0.29, 0.717) is 39.6 Å². The number of amides is 4. The van der Waals surface area contributed by atoms with Gasteiger partial charge in [-0.25, -0.2) is 4.98 Å². The van der Waals surface area contributed by atoms with E-state index in [4.69, 9.17) is 32.4 Å². The number of oxazole rings is 1. The number of allylic oxidation sites excluding steroid dienone is 2. The zero-order chi connectivity index (χ0) is 33.0. The number of ether oxygens (including phenoxy) is 1. The van der Waals surface area contributed by atoms with Crippen molar-refractivity contribution in [2.45, 2.75) is 28.5 Å². The molecule has 1 aromatic heterocycles. The number of hydrogen-bond donors (Lipinski definition) is 1. The zero-order valence-electron chi connectivity index (χ0n) is 25.1. The van der Waals surface area contributed by atoms with Crippen LogP contribution in [-0.4, -0.2) is 62.5 Å². The van der Waals surface area contributed by atoms with Crippen molar-refractivity contribution in [3.05, 3.63) is 83.9 Å². The molecule has 1 N–H and O–H groups in total. The van der Waals surface area contributed by atoms with Crippen molar-refractivity contribution >= 4 is 63.6 Å². The highest BCUT2D eigenvalue weighted by Gasteiger charge is 2.76. The van der Waals surface area contributed by atoms with Crippen molar-refractivity contribution in [1.29, 1.82) is 0 Å². The fourth-order valence-corrected chi connectivity index (χ4v) is 9.00. The molecule has 2 saturated heterocycles. The monoisotopic (exact) mass is 671 g/mol. The third-order valence-corrected chi connectivity index (χ3v) is 11.6. The minimum absolute atomic E-state index is 0.142. The maximum Gasteiger partial charge on any atom is 0.253 e. The average Bonchev–Trinajstić information content (AvgIpc) is 3.66. The second-order valence-corrected chi connectivity index (χ2v) is 13.7. The molecular weight excluding hydrogens is 645 g/mol. The molecule has 0 unspecified atom stereocenters. The number of anilines is 1. The average molecular weight is 673 g/mol. The van der Waals surface area contributed by atoms with E-state index in [2.05, 4.69) is 4.98 Å². The molecule has 0 radical (unpaired) electrons.